The van der Waals surface area contributed by atoms with Crippen molar-refractivity contribution in [3.05, 3.63) is 52.6 Å². The van der Waals surface area contributed by atoms with Crippen LogP contribution in [0.4, 0.5) is 0 Å². The molecule has 0 fully saturated rings. The number of nitrogens with one attached hydrogen (secondary N) is 2. The molecule has 0 amide bonds. The van der Waals surface area contributed by atoms with Crippen molar-refractivity contribution in [1.82, 2.24) is 19.9 Å². The average Bonchev–Trinajstić information content (AvgIpc) is 1.62. The van der Waals surface area contributed by atoms with E-state index in [9.17, 15) is 0 Å². The van der Waals surface area contributed by atoms with Crippen LogP contribution < -0.4 is 14.2 Å². The first-order chi connectivity index (χ1) is 48.5. The maximum absolute atomic E-state index is 7.22. The summed E-state index contributed by atoms with van der Waals surface area (Å²) < 4.78 is 56.7. The van der Waals surface area contributed by atoms with Gasteiger partial charge in [0.2, 0.25) is 0 Å². The number of aromatic nitrogens is 4. The standard InChI is InChI=1S/C86H146N4O8.Pd/c1-9-17-25-33-41-49-58-91-66-57-71-72-67-74-81(93-60-51-43-35-27-19-11-3)83(95-62-53-45-37-29-21-13-5)76(88-74)69-78-85(97-64-55-47-39-31-23-15-7)86(98-65-56-48-40-32-24-16-8)79(90-78)70-77-84(96-63-54-46-38-30-22-14-6)82(94-61-52-44-36-28-20-12-4)75(89-77)68-73(87-72)80(71)92-59-50-42-34-26-18-10-2;/h67-70,87,90H,9-66H2,1-8H3;. The van der Waals surface area contributed by atoms with Crippen LogP contribution in [0.1, 0.15) is 392 Å². The second-order valence-corrected chi connectivity index (χ2v) is 28.5. The molecule has 99 heavy (non-hydrogen) atoms. The summed E-state index contributed by atoms with van der Waals surface area (Å²) in [5, 5.41) is 0. The van der Waals surface area contributed by atoms with E-state index in [4.69, 9.17) is 47.9 Å². The summed E-state index contributed by atoms with van der Waals surface area (Å²) in [5.41, 5.74) is 7.12. The minimum absolute atomic E-state index is 0. The Hall–Kier alpha value is -4.18. The fourth-order valence-electron chi connectivity index (χ4n) is 13.3. The zero-order chi connectivity index (χ0) is 69.6. The Bertz CT molecular complexity index is 2730. The first kappa shape index (κ1) is 87.2. The molecule has 0 spiro atoms. The van der Waals surface area contributed by atoms with E-state index in [2.05, 4.69) is 89.6 Å². The summed E-state index contributed by atoms with van der Waals surface area (Å²) in [5.74, 6) is 4.84. The van der Waals surface area contributed by atoms with Gasteiger partial charge < -0.3 is 47.9 Å². The molecule has 0 aromatic carbocycles. The molecular weight excluding hydrogens is 1320 g/mol. The molecule has 0 radical (unpaired) electrons. The monoisotopic (exact) mass is 1470 g/mol. The number of unbranched alkanes of at least 4 members (excludes halogenated alkanes) is 40. The molecule has 12 nitrogen and oxygen atoms in total. The SMILES string of the molecule is CCCCCCCCOCCc1c(OCCCCCCCC)c2cc3nc(cc4[nH]c(cc5nc(cc1[nH]2)C(OCCCCCCCC)=C5OCCCCCCCC)c(OCCCCCCCC)c4OCCCCCCCC)C(OCCCCCCCC)=C3OCCCCCCCC.[Pd]. The number of rotatable bonds is 66. The average molecular weight is 1470 g/mol. The summed E-state index contributed by atoms with van der Waals surface area (Å²) in [4.78, 5) is 19.2. The minimum atomic E-state index is 0. The normalized spacial score (nSPS) is 12.2. The Morgan fingerprint density at radius 1 is 0.232 bits per heavy atom. The van der Waals surface area contributed by atoms with Crippen LogP contribution in [0.5, 0.6) is 17.2 Å². The van der Waals surface area contributed by atoms with E-state index in [0.29, 0.717) is 117 Å². The number of fused-ring (bicyclic) bond motifs is 8. The van der Waals surface area contributed by atoms with Gasteiger partial charge in [0.1, 0.15) is 28.5 Å². The summed E-state index contributed by atoms with van der Waals surface area (Å²) in [6, 6.07) is 8.63. The van der Waals surface area contributed by atoms with Crippen molar-refractivity contribution in [2.24, 2.45) is 0 Å². The van der Waals surface area contributed by atoms with E-state index in [1.54, 1.807) is 0 Å². The van der Waals surface area contributed by atoms with Crippen molar-refractivity contribution < 1.29 is 58.3 Å². The molecule has 5 heterocycles. The van der Waals surface area contributed by atoms with Crippen molar-refractivity contribution in [3.8, 4) is 17.2 Å². The number of hydrogen-bond acceptors (Lipinski definition) is 10. The number of ether oxygens (including phenoxy) is 8. The Balaban J connectivity index is 0.0000208. The summed E-state index contributed by atoms with van der Waals surface area (Å²) in [7, 11) is 0. The second kappa shape index (κ2) is 58.2. The molecule has 0 saturated carbocycles. The molecule has 2 N–H and O–H groups in total. The number of H-pyrrole nitrogens is 2. The van der Waals surface area contributed by atoms with E-state index in [0.717, 1.165) is 136 Å². The van der Waals surface area contributed by atoms with E-state index in [1.165, 1.54) is 212 Å². The third-order valence-corrected chi connectivity index (χ3v) is 19.4. The van der Waals surface area contributed by atoms with Gasteiger partial charge in [-0.3, -0.25) is 0 Å². The maximum Gasteiger partial charge on any atom is 0.189 e. The number of aromatic amines is 2. The van der Waals surface area contributed by atoms with E-state index in [-0.39, 0.29) is 20.4 Å². The molecule has 13 heteroatoms. The van der Waals surface area contributed by atoms with Crippen molar-refractivity contribution in [2.45, 2.75) is 370 Å². The van der Waals surface area contributed by atoms with Crippen molar-refractivity contribution in [2.75, 3.05) is 59.5 Å². The fourth-order valence-corrected chi connectivity index (χ4v) is 13.3. The summed E-state index contributed by atoms with van der Waals surface area (Å²) in [6.45, 7) is 23.5. The molecule has 8 bridgehead atoms. The smallest absolute Gasteiger partial charge is 0.189 e. The predicted molar refractivity (Wildman–Crippen MR) is 416 cm³/mol. The molecule has 5 rings (SSSR count). The van der Waals surface area contributed by atoms with Crippen LogP contribution in [0.3, 0.4) is 0 Å². The third kappa shape index (κ3) is 35.2. The van der Waals surface area contributed by atoms with E-state index < -0.39 is 0 Å². The Morgan fingerprint density at radius 2 is 0.444 bits per heavy atom. The predicted octanol–water partition coefficient (Wildman–Crippen LogP) is 26.6. The molecule has 0 saturated heterocycles. The first-order valence-electron chi connectivity index (χ1n) is 41.7. The Labute approximate surface area is 619 Å². The van der Waals surface area contributed by atoms with Gasteiger partial charge >= 0.3 is 0 Å². The van der Waals surface area contributed by atoms with Crippen LogP contribution in [0.2, 0.25) is 0 Å². The van der Waals surface area contributed by atoms with Crippen LogP contribution in [-0.4, -0.2) is 79.4 Å². The van der Waals surface area contributed by atoms with Gasteiger partial charge in [0.25, 0.3) is 0 Å². The van der Waals surface area contributed by atoms with Gasteiger partial charge in [-0.25, -0.2) is 9.97 Å². The number of nitrogens with zero attached hydrogens (tertiary/aromatic N) is 2. The van der Waals surface area contributed by atoms with Crippen molar-refractivity contribution in [3.63, 3.8) is 0 Å². The molecule has 2 aliphatic heterocycles. The minimum Gasteiger partial charge on any atom is -0.491 e. The van der Waals surface area contributed by atoms with Gasteiger partial charge in [0.05, 0.1) is 69.4 Å². The molecule has 568 valence electrons. The van der Waals surface area contributed by atoms with Gasteiger partial charge in [-0.2, -0.15) is 0 Å². The summed E-state index contributed by atoms with van der Waals surface area (Å²) in [6.07, 6.45) is 56.7. The van der Waals surface area contributed by atoms with Crippen molar-refractivity contribution in [1.29, 1.82) is 0 Å². The van der Waals surface area contributed by atoms with Crippen LogP contribution in [0.15, 0.2) is 24.3 Å². The van der Waals surface area contributed by atoms with Gasteiger partial charge in [-0.1, -0.05) is 312 Å². The van der Waals surface area contributed by atoms with Gasteiger partial charge in [0.15, 0.2) is 34.5 Å². The van der Waals surface area contributed by atoms with Gasteiger partial charge in [0, 0.05) is 44.5 Å². The molecule has 3 aromatic heterocycles. The van der Waals surface area contributed by atoms with Gasteiger partial charge in [-0.15, -0.1) is 0 Å². The Morgan fingerprint density at radius 3 is 0.727 bits per heavy atom. The third-order valence-electron chi connectivity index (χ3n) is 19.4. The van der Waals surface area contributed by atoms with Crippen molar-refractivity contribution >= 4 is 45.1 Å². The van der Waals surface area contributed by atoms with Gasteiger partial charge in [-0.05, 0) is 75.6 Å². The maximum atomic E-state index is 7.22. The van der Waals surface area contributed by atoms with Crippen LogP contribution in [0, 0.1) is 0 Å². The van der Waals surface area contributed by atoms with E-state index in [1.807, 2.05) is 0 Å². The van der Waals surface area contributed by atoms with Crippen LogP contribution >= 0.6 is 0 Å². The molecule has 0 unspecified atom stereocenters. The molecule has 0 atom stereocenters. The molecular formula is C86H146N4O8Pd. The largest absolute Gasteiger partial charge is 0.491 e. The van der Waals surface area contributed by atoms with Crippen LogP contribution in [-0.2, 0) is 50.5 Å². The van der Waals surface area contributed by atoms with Crippen LogP contribution in [0.25, 0.3) is 45.1 Å². The number of hydrogen-bond donors (Lipinski definition) is 2. The fraction of sp³-hybridized carbons (Fsp3) is 0.767. The molecule has 0 aliphatic carbocycles. The first-order valence-corrected chi connectivity index (χ1v) is 41.7. The second-order valence-electron chi connectivity index (χ2n) is 28.5. The quantitative estimate of drug-likeness (QED) is 0.0416. The summed E-state index contributed by atoms with van der Waals surface area (Å²) >= 11 is 0. The van der Waals surface area contributed by atoms with E-state index >= 15 is 0 Å². The zero-order valence-corrected chi connectivity index (χ0v) is 66.4. The topological polar surface area (TPSA) is 131 Å². The zero-order valence-electron chi connectivity index (χ0n) is 64.8. The Kier molecular flexibility index (Phi) is 51.3. The molecule has 2 aliphatic rings. The molecule has 3 aromatic rings.